The van der Waals surface area contributed by atoms with Crippen LogP contribution in [-0.2, 0) is 6.42 Å². The third-order valence-electron chi connectivity index (χ3n) is 3.27. The van der Waals surface area contributed by atoms with Crippen molar-refractivity contribution in [1.82, 2.24) is 9.88 Å². The molecule has 3 rings (SSSR count). The molecule has 2 aliphatic heterocycles. The van der Waals surface area contributed by atoms with E-state index in [1.54, 1.807) is 0 Å². The normalized spacial score (nSPS) is 32.2. The maximum Gasteiger partial charge on any atom is 0.159 e. The SMILES string of the molecule is CN1[C@@H]2CC[C@H]1c1sc(Br)nc1C2. The smallest absolute Gasteiger partial charge is 0.159 e. The maximum absolute atomic E-state index is 4.54. The van der Waals surface area contributed by atoms with E-state index in [0.29, 0.717) is 6.04 Å². The lowest BCUT2D eigenvalue weighted by Gasteiger charge is -2.29. The molecule has 1 saturated heterocycles. The van der Waals surface area contributed by atoms with Crippen LogP contribution < -0.4 is 0 Å². The molecule has 0 aromatic carbocycles. The summed E-state index contributed by atoms with van der Waals surface area (Å²) in [7, 11) is 2.25. The van der Waals surface area contributed by atoms with Crippen molar-refractivity contribution in [2.75, 3.05) is 7.05 Å². The molecule has 1 aromatic heterocycles. The Morgan fingerprint density at radius 1 is 1.54 bits per heavy atom. The highest BCUT2D eigenvalue weighted by molar-refractivity contribution is 9.11. The minimum atomic E-state index is 0.664. The number of nitrogens with zero attached hydrogens (tertiary/aromatic N) is 2. The summed E-state index contributed by atoms with van der Waals surface area (Å²) in [6, 6.07) is 1.42. The Labute approximate surface area is 90.1 Å². The van der Waals surface area contributed by atoms with Crippen molar-refractivity contribution in [3.63, 3.8) is 0 Å². The van der Waals surface area contributed by atoms with Gasteiger partial charge >= 0.3 is 0 Å². The topological polar surface area (TPSA) is 16.1 Å². The Morgan fingerprint density at radius 2 is 2.38 bits per heavy atom. The van der Waals surface area contributed by atoms with Crippen LogP contribution in [0.2, 0.25) is 0 Å². The van der Waals surface area contributed by atoms with Crippen molar-refractivity contribution in [3.05, 3.63) is 14.5 Å². The van der Waals surface area contributed by atoms with Gasteiger partial charge in [0.15, 0.2) is 3.92 Å². The van der Waals surface area contributed by atoms with Crippen LogP contribution in [0, 0.1) is 0 Å². The van der Waals surface area contributed by atoms with E-state index in [9.17, 15) is 0 Å². The van der Waals surface area contributed by atoms with Crippen LogP contribution in [0.1, 0.15) is 29.5 Å². The molecule has 0 radical (unpaired) electrons. The van der Waals surface area contributed by atoms with E-state index in [1.807, 2.05) is 11.3 Å². The monoisotopic (exact) mass is 258 g/mol. The van der Waals surface area contributed by atoms with Gasteiger partial charge in [-0.25, -0.2) is 4.98 Å². The van der Waals surface area contributed by atoms with Crippen LogP contribution in [0.5, 0.6) is 0 Å². The summed E-state index contributed by atoms with van der Waals surface area (Å²) in [6.45, 7) is 0. The molecule has 4 heteroatoms. The van der Waals surface area contributed by atoms with Crippen molar-refractivity contribution >= 4 is 27.3 Å². The average Bonchev–Trinajstić information content (AvgIpc) is 2.54. The van der Waals surface area contributed by atoms with Gasteiger partial charge in [0.1, 0.15) is 0 Å². The summed E-state index contributed by atoms with van der Waals surface area (Å²) in [5.41, 5.74) is 1.35. The van der Waals surface area contributed by atoms with Gasteiger partial charge in [-0.15, -0.1) is 11.3 Å². The third-order valence-corrected chi connectivity index (χ3v) is 4.92. The minimum absolute atomic E-state index is 0.664. The van der Waals surface area contributed by atoms with E-state index in [0.717, 1.165) is 16.4 Å². The third kappa shape index (κ3) is 1.12. The van der Waals surface area contributed by atoms with E-state index < -0.39 is 0 Å². The van der Waals surface area contributed by atoms with E-state index in [1.165, 1.54) is 23.4 Å². The number of halogens is 1. The maximum atomic E-state index is 4.54. The van der Waals surface area contributed by atoms with Gasteiger partial charge in [0.2, 0.25) is 0 Å². The lowest BCUT2D eigenvalue weighted by Crippen LogP contribution is -2.33. The molecular weight excluding hydrogens is 248 g/mol. The number of hydrogen-bond donors (Lipinski definition) is 0. The number of likely N-dealkylation sites (N-methyl/N-ethyl adjacent to an activating group) is 1. The molecule has 70 valence electrons. The Balaban J connectivity index is 2.11. The first kappa shape index (κ1) is 8.38. The van der Waals surface area contributed by atoms with E-state index in [4.69, 9.17) is 0 Å². The molecule has 2 atom stereocenters. The molecular formula is C9H11BrN2S. The van der Waals surface area contributed by atoms with Gasteiger partial charge in [-0.3, -0.25) is 4.90 Å². The second-order valence-corrected chi connectivity index (χ2v) is 6.20. The van der Waals surface area contributed by atoms with Crippen LogP contribution in [-0.4, -0.2) is 23.0 Å². The van der Waals surface area contributed by atoms with Crippen molar-refractivity contribution in [3.8, 4) is 0 Å². The highest BCUT2D eigenvalue weighted by Crippen LogP contribution is 2.45. The van der Waals surface area contributed by atoms with Gasteiger partial charge < -0.3 is 0 Å². The molecule has 3 heterocycles. The van der Waals surface area contributed by atoms with Gasteiger partial charge in [0, 0.05) is 23.4 Å². The fourth-order valence-corrected chi connectivity index (χ4v) is 4.28. The summed E-state index contributed by atoms with van der Waals surface area (Å²) < 4.78 is 1.05. The highest BCUT2D eigenvalue weighted by Gasteiger charge is 2.39. The molecule has 0 saturated carbocycles. The van der Waals surface area contributed by atoms with Gasteiger partial charge in [-0.1, -0.05) is 0 Å². The fraction of sp³-hybridized carbons (Fsp3) is 0.667. The predicted octanol–water partition coefficient (Wildman–Crippen LogP) is 2.60. The number of hydrogen-bond acceptors (Lipinski definition) is 3. The molecule has 0 amide bonds. The Bertz CT molecular complexity index is 349. The molecule has 0 N–H and O–H groups in total. The van der Waals surface area contributed by atoms with Crippen molar-refractivity contribution in [1.29, 1.82) is 0 Å². The van der Waals surface area contributed by atoms with Gasteiger partial charge in [-0.2, -0.15) is 0 Å². The van der Waals surface area contributed by atoms with Gasteiger partial charge in [0.25, 0.3) is 0 Å². The standard InChI is InChI=1S/C9H11BrN2S/c1-12-5-2-3-7(12)8-6(4-5)11-9(10)13-8/h5,7H,2-4H2,1H3/t5-,7+/m1/s1. The average molecular weight is 259 g/mol. The summed E-state index contributed by atoms with van der Waals surface area (Å²) in [5, 5.41) is 0. The second-order valence-electron chi connectivity index (χ2n) is 3.89. The number of thiazole rings is 1. The molecule has 2 nitrogen and oxygen atoms in total. The van der Waals surface area contributed by atoms with Crippen LogP contribution in [0.3, 0.4) is 0 Å². The first-order valence-electron chi connectivity index (χ1n) is 4.63. The Morgan fingerprint density at radius 3 is 3.23 bits per heavy atom. The largest absolute Gasteiger partial charge is 0.295 e. The van der Waals surface area contributed by atoms with E-state index >= 15 is 0 Å². The molecule has 1 aromatic rings. The lowest BCUT2D eigenvalue weighted by molar-refractivity contribution is 0.226. The molecule has 0 unspecified atom stereocenters. The fourth-order valence-electron chi connectivity index (χ4n) is 2.54. The molecule has 0 spiro atoms. The molecule has 0 aliphatic carbocycles. The molecule has 2 bridgehead atoms. The number of fused-ring (bicyclic) bond motifs is 4. The second kappa shape index (κ2) is 2.78. The number of aromatic nitrogens is 1. The highest BCUT2D eigenvalue weighted by atomic mass is 79.9. The minimum Gasteiger partial charge on any atom is -0.295 e. The van der Waals surface area contributed by atoms with Gasteiger partial charge in [-0.05, 0) is 35.8 Å². The first-order chi connectivity index (χ1) is 6.25. The quantitative estimate of drug-likeness (QED) is 0.712. The Hall–Kier alpha value is 0.0700. The summed E-state index contributed by atoms with van der Waals surface area (Å²) >= 11 is 5.29. The predicted molar refractivity (Wildman–Crippen MR) is 57.0 cm³/mol. The zero-order valence-corrected chi connectivity index (χ0v) is 9.86. The van der Waals surface area contributed by atoms with Crippen LogP contribution in [0.25, 0.3) is 0 Å². The van der Waals surface area contributed by atoms with E-state index in [2.05, 4.69) is 32.9 Å². The summed E-state index contributed by atoms with van der Waals surface area (Å²) in [6.07, 6.45) is 3.83. The summed E-state index contributed by atoms with van der Waals surface area (Å²) in [5.74, 6) is 0. The van der Waals surface area contributed by atoms with Gasteiger partial charge in [0.05, 0.1) is 5.69 Å². The molecule has 1 fully saturated rings. The van der Waals surface area contributed by atoms with Crippen molar-refractivity contribution < 1.29 is 0 Å². The van der Waals surface area contributed by atoms with Crippen molar-refractivity contribution in [2.24, 2.45) is 0 Å². The van der Waals surface area contributed by atoms with Crippen LogP contribution in [0.4, 0.5) is 0 Å². The molecule has 13 heavy (non-hydrogen) atoms. The summed E-state index contributed by atoms with van der Waals surface area (Å²) in [4.78, 5) is 8.56. The zero-order chi connectivity index (χ0) is 9.00. The Kier molecular flexibility index (Phi) is 1.79. The number of rotatable bonds is 0. The lowest BCUT2D eigenvalue weighted by atomic mass is 10.1. The van der Waals surface area contributed by atoms with Crippen LogP contribution in [0.15, 0.2) is 3.92 Å². The van der Waals surface area contributed by atoms with Crippen LogP contribution >= 0.6 is 27.3 Å². The van der Waals surface area contributed by atoms with Crippen molar-refractivity contribution in [2.45, 2.75) is 31.3 Å². The zero-order valence-electron chi connectivity index (χ0n) is 7.46. The van der Waals surface area contributed by atoms with E-state index in [-0.39, 0.29) is 0 Å². The molecule has 2 aliphatic rings. The first-order valence-corrected chi connectivity index (χ1v) is 6.23.